The highest BCUT2D eigenvalue weighted by molar-refractivity contribution is 9.09. The van der Waals surface area contributed by atoms with Gasteiger partial charge in [0, 0.05) is 43.6 Å². The van der Waals surface area contributed by atoms with Gasteiger partial charge in [0.15, 0.2) is 10.2 Å². The molecule has 7 rings (SSSR count). The molecule has 5 aliphatic rings. The smallest absolute Gasteiger partial charge is 0.388 e. The number of hydrogen-bond donors (Lipinski definition) is 0. The maximum absolute atomic E-state index is 14.9. The van der Waals surface area contributed by atoms with Gasteiger partial charge in [-0.3, -0.25) is 34.0 Å². The van der Waals surface area contributed by atoms with Crippen LogP contribution in [0.25, 0.3) is 0 Å². The summed E-state index contributed by atoms with van der Waals surface area (Å²) in [6, 6.07) is 3.58. The Kier molecular flexibility index (Phi) is 17.7. The molecular formula is C50H57BrF9N7O7S2. The minimum Gasteiger partial charge on any atom is -0.388 e. The van der Waals surface area contributed by atoms with E-state index in [1.807, 2.05) is 0 Å². The first kappa shape index (κ1) is 59.1. The zero-order chi connectivity index (χ0) is 56.0. The predicted molar refractivity (Wildman–Crippen MR) is 270 cm³/mol. The Morgan fingerprint density at radius 1 is 0.763 bits per heavy atom. The van der Waals surface area contributed by atoms with Crippen molar-refractivity contribution in [3.8, 4) is 6.07 Å². The summed E-state index contributed by atoms with van der Waals surface area (Å²) < 4.78 is 146. The molecule has 2 aromatic rings. The lowest BCUT2D eigenvalue weighted by molar-refractivity contribution is -0.199. The third-order valence-corrected chi connectivity index (χ3v) is 16.1. The number of anilines is 2. The number of carbonyl (C=O) groups excluding carboxylic acids is 4. The van der Waals surface area contributed by atoms with Crippen LogP contribution in [0.15, 0.2) is 30.3 Å². The summed E-state index contributed by atoms with van der Waals surface area (Å²) in [5, 5.41) is 9.89. The second-order valence-corrected chi connectivity index (χ2v) is 22.1. The highest BCUT2D eigenvalue weighted by Crippen LogP contribution is 2.45. The van der Waals surface area contributed by atoms with E-state index in [-0.39, 0.29) is 72.1 Å². The molecule has 0 aromatic heterocycles. The van der Waals surface area contributed by atoms with Crippen LogP contribution in [0.1, 0.15) is 112 Å². The van der Waals surface area contributed by atoms with Crippen molar-refractivity contribution < 1.29 is 72.9 Å². The van der Waals surface area contributed by atoms with Gasteiger partial charge >= 0.3 is 30.5 Å². The monoisotopic (exact) mass is 1180 g/mol. The number of ether oxygens (including phenoxy) is 3. The Morgan fingerprint density at radius 2 is 1.30 bits per heavy atom. The lowest BCUT2D eigenvalue weighted by atomic mass is 9.89. The number of thiocarbonyl (C=S) groups is 2. The van der Waals surface area contributed by atoms with E-state index in [4.69, 9.17) is 38.6 Å². The van der Waals surface area contributed by atoms with Crippen molar-refractivity contribution in [2.45, 2.75) is 146 Å². The zero-order valence-electron chi connectivity index (χ0n) is 42.2. The van der Waals surface area contributed by atoms with E-state index in [9.17, 15) is 64.0 Å². The Labute approximate surface area is 452 Å². The number of nitriles is 1. The number of halogens is 10. The van der Waals surface area contributed by atoms with Crippen LogP contribution in [0.2, 0.25) is 0 Å². The Morgan fingerprint density at radius 3 is 1.82 bits per heavy atom. The Hall–Kier alpha value is -4.52. The highest BCUT2D eigenvalue weighted by Gasteiger charge is 2.55. The van der Waals surface area contributed by atoms with Gasteiger partial charge in [0.05, 0.1) is 71.7 Å². The number of amides is 2. The van der Waals surface area contributed by atoms with Crippen LogP contribution >= 0.6 is 40.4 Å². The molecule has 1 atom stereocenters. The van der Waals surface area contributed by atoms with Crippen molar-refractivity contribution in [3.05, 3.63) is 58.1 Å². The maximum atomic E-state index is 14.9. The van der Waals surface area contributed by atoms with E-state index in [1.54, 1.807) is 37.5 Å². The van der Waals surface area contributed by atoms with Crippen LogP contribution in [-0.4, -0.2) is 152 Å². The first-order chi connectivity index (χ1) is 35.4. The fourth-order valence-electron chi connectivity index (χ4n) is 11.2. The first-order valence-electron chi connectivity index (χ1n) is 24.7. The number of alkyl halides is 10. The average molecular weight is 1180 g/mol. The minimum atomic E-state index is -5.22. The van der Waals surface area contributed by atoms with Crippen LogP contribution in [-0.2, 0) is 40.9 Å². The van der Waals surface area contributed by atoms with Gasteiger partial charge in [-0.25, -0.2) is 4.79 Å². The molecule has 14 nitrogen and oxygen atoms in total. The van der Waals surface area contributed by atoms with Crippen molar-refractivity contribution >= 4 is 85.7 Å². The van der Waals surface area contributed by atoms with Crippen molar-refractivity contribution in [2.75, 3.05) is 61.1 Å². The third-order valence-electron chi connectivity index (χ3n) is 15.0. The third kappa shape index (κ3) is 12.0. The van der Waals surface area contributed by atoms with Crippen LogP contribution in [0, 0.1) is 18.3 Å². The normalized spacial score (nSPS) is 24.9. The average Bonchev–Trinajstić information content (AvgIpc) is 3.67. The molecule has 0 spiro atoms. The standard InChI is InChI=1S/C50H57BrF9N7O7S2/c1-28-37(65-43(71)47(4,5)67(45(65)76)31-8-12-33(13-9-31)72-22-18-51)17-16-35(40(28)50(58,59)60)41(69)74-39(68)27-63-20-19-62(26-38(63)49(55,56)57)21-23-73-34-14-10-30(11-15-34)66-44(75)64(42(70)46(66,2)3)32-7-6-29(25-61)36(24-32)48(52,53)54/h6-7,16-17,24,30-31,33-34,38H,8-15,18-23,26-27H2,1-5H3/t30?,31?,33?,34?,38-/m1/s1. The molecule has 76 heavy (non-hydrogen) atoms. The largest absolute Gasteiger partial charge is 0.417 e. The molecule has 3 heterocycles. The Bertz CT molecular complexity index is 2630. The summed E-state index contributed by atoms with van der Waals surface area (Å²) in [5.74, 6) is -4.40. The number of hydrogen-bond acceptors (Lipinski definition) is 12. The number of nitrogens with zero attached hydrogens (tertiary/aromatic N) is 7. The molecule has 2 aliphatic carbocycles. The van der Waals surface area contributed by atoms with E-state index in [0.717, 1.165) is 45.9 Å². The molecule has 0 radical (unpaired) electrons. The maximum Gasteiger partial charge on any atom is 0.417 e. The summed E-state index contributed by atoms with van der Waals surface area (Å²) in [6.45, 7) is 6.17. The Balaban J connectivity index is 0.927. The van der Waals surface area contributed by atoms with Crippen molar-refractivity contribution in [2.24, 2.45) is 0 Å². The first-order valence-corrected chi connectivity index (χ1v) is 26.6. The topological polar surface area (TPSA) is 139 Å². The molecule has 26 heteroatoms. The molecule has 0 unspecified atom stereocenters. The minimum absolute atomic E-state index is 0.00609. The lowest BCUT2D eigenvalue weighted by Crippen LogP contribution is -2.60. The number of esters is 2. The summed E-state index contributed by atoms with van der Waals surface area (Å²) in [5.41, 5.74) is -7.80. The molecule has 3 saturated heterocycles. The summed E-state index contributed by atoms with van der Waals surface area (Å²) >= 11 is 14.8. The fraction of sp³-hybridized carbons (Fsp3) is 0.620. The second kappa shape index (κ2) is 22.7. The molecule has 0 bridgehead atoms. The zero-order valence-corrected chi connectivity index (χ0v) is 45.4. The van der Waals surface area contributed by atoms with Gasteiger partial charge in [-0.15, -0.1) is 0 Å². The van der Waals surface area contributed by atoms with Gasteiger partial charge in [-0.05, 0) is 146 Å². The molecule has 2 aromatic carbocycles. The lowest BCUT2D eigenvalue weighted by Gasteiger charge is -2.42. The van der Waals surface area contributed by atoms with Crippen molar-refractivity contribution in [3.63, 3.8) is 0 Å². The van der Waals surface area contributed by atoms with Gasteiger partial charge < -0.3 is 24.0 Å². The number of carbonyl (C=O) groups is 4. The number of piperazine rings is 1. The van der Waals surface area contributed by atoms with Crippen molar-refractivity contribution in [1.82, 2.24) is 19.6 Å². The molecule has 0 N–H and O–H groups in total. The van der Waals surface area contributed by atoms with E-state index >= 15 is 0 Å². The van der Waals surface area contributed by atoms with Gasteiger partial charge in [0.2, 0.25) is 0 Å². The van der Waals surface area contributed by atoms with Crippen LogP contribution < -0.4 is 9.80 Å². The number of benzene rings is 2. The van der Waals surface area contributed by atoms with Crippen molar-refractivity contribution in [1.29, 1.82) is 5.26 Å². The summed E-state index contributed by atoms with van der Waals surface area (Å²) in [7, 11) is 0. The molecule has 5 fully saturated rings. The van der Waals surface area contributed by atoms with Crippen LogP contribution in [0.3, 0.4) is 0 Å². The fourth-order valence-corrected chi connectivity index (χ4v) is 12.5. The van der Waals surface area contributed by atoms with Gasteiger partial charge in [-0.2, -0.15) is 44.8 Å². The molecule has 2 saturated carbocycles. The van der Waals surface area contributed by atoms with Crippen LogP contribution in [0.4, 0.5) is 50.9 Å². The molecular weight excluding hydrogens is 1130 g/mol. The molecule has 3 aliphatic heterocycles. The van der Waals surface area contributed by atoms with Gasteiger partial charge in [-0.1, -0.05) is 15.9 Å². The summed E-state index contributed by atoms with van der Waals surface area (Å²) in [6.07, 6.45) is -10.8. The summed E-state index contributed by atoms with van der Waals surface area (Å²) in [4.78, 5) is 61.9. The van der Waals surface area contributed by atoms with Gasteiger partial charge in [0.25, 0.3) is 11.8 Å². The molecule has 416 valence electrons. The van der Waals surface area contributed by atoms with Gasteiger partial charge in [0.1, 0.15) is 17.1 Å². The van der Waals surface area contributed by atoms with E-state index in [0.29, 0.717) is 63.3 Å². The van der Waals surface area contributed by atoms with Crippen LogP contribution in [0.5, 0.6) is 0 Å². The highest BCUT2D eigenvalue weighted by atomic mass is 79.9. The SMILES string of the molecule is Cc1c(N2C(=O)C(C)(C)N(C3CCC(OCCBr)CC3)C2=S)ccc(C(=O)OC(=O)CN2CCN(CCOC3CCC(N4C(=S)N(c5ccc(C#N)c(C(F)(F)F)c5)C(=O)C4(C)C)CC3)C[C@@H]2C(F)(F)F)c1C(F)(F)F. The quantitative estimate of drug-likeness (QED) is 0.0584. The second-order valence-electron chi connectivity index (χ2n) is 20.6. The molecule has 2 amide bonds. The predicted octanol–water partition coefficient (Wildman–Crippen LogP) is 9.31. The van der Waals surface area contributed by atoms with E-state index in [2.05, 4.69) is 15.9 Å². The van der Waals surface area contributed by atoms with E-state index in [1.165, 1.54) is 17.0 Å². The number of rotatable bonds is 14. The van der Waals surface area contributed by atoms with E-state index < -0.39 is 100 Å².